The lowest BCUT2D eigenvalue weighted by Gasteiger charge is -2.33. The van der Waals surface area contributed by atoms with Gasteiger partial charge in [0.2, 0.25) is 0 Å². The molecule has 0 atom stereocenters. The van der Waals surface area contributed by atoms with Gasteiger partial charge in [-0.05, 0) is 68.9 Å². The summed E-state index contributed by atoms with van der Waals surface area (Å²) in [6.07, 6.45) is 7.63. The summed E-state index contributed by atoms with van der Waals surface area (Å²) < 4.78 is 0. The molecular weight excluding hydrogens is 352 g/mol. The topological polar surface area (TPSA) is 61.7 Å². The van der Waals surface area contributed by atoms with Crippen LogP contribution < -0.4 is 15.1 Å². The SMILES string of the molecule is O=[N+]([O-])c1ccc(Nc2cc(N3CCCCC3)cc(N3CCCCC3)c2)cc1. The van der Waals surface area contributed by atoms with Gasteiger partial charge in [-0.15, -0.1) is 0 Å². The number of benzene rings is 2. The molecule has 2 aromatic rings. The van der Waals surface area contributed by atoms with E-state index in [1.807, 2.05) is 0 Å². The zero-order valence-corrected chi connectivity index (χ0v) is 16.3. The van der Waals surface area contributed by atoms with Crippen molar-refractivity contribution in [3.8, 4) is 0 Å². The van der Waals surface area contributed by atoms with Crippen LogP contribution in [0.25, 0.3) is 0 Å². The number of anilines is 4. The maximum Gasteiger partial charge on any atom is 0.269 e. The summed E-state index contributed by atoms with van der Waals surface area (Å²) in [6.45, 7) is 4.45. The maximum absolute atomic E-state index is 10.9. The van der Waals surface area contributed by atoms with Crippen molar-refractivity contribution in [2.45, 2.75) is 38.5 Å². The van der Waals surface area contributed by atoms with Crippen LogP contribution in [0.4, 0.5) is 28.4 Å². The molecule has 2 heterocycles. The average Bonchev–Trinajstić information content (AvgIpc) is 2.75. The van der Waals surface area contributed by atoms with Crippen molar-refractivity contribution in [3.63, 3.8) is 0 Å². The zero-order chi connectivity index (χ0) is 19.3. The van der Waals surface area contributed by atoms with Gasteiger partial charge in [-0.3, -0.25) is 10.1 Å². The fourth-order valence-corrected chi connectivity index (χ4v) is 4.17. The van der Waals surface area contributed by atoms with Crippen molar-refractivity contribution in [3.05, 3.63) is 52.6 Å². The monoisotopic (exact) mass is 380 g/mol. The minimum absolute atomic E-state index is 0.113. The van der Waals surface area contributed by atoms with E-state index in [-0.39, 0.29) is 10.6 Å². The summed E-state index contributed by atoms with van der Waals surface area (Å²) in [7, 11) is 0. The number of nitrogens with one attached hydrogen (secondary N) is 1. The largest absolute Gasteiger partial charge is 0.371 e. The second-order valence-electron chi connectivity index (χ2n) is 7.76. The Balaban J connectivity index is 1.61. The van der Waals surface area contributed by atoms with Crippen molar-refractivity contribution >= 4 is 28.4 Å². The molecule has 0 aromatic heterocycles. The highest BCUT2D eigenvalue weighted by Gasteiger charge is 2.17. The van der Waals surface area contributed by atoms with Crippen molar-refractivity contribution in [1.29, 1.82) is 0 Å². The van der Waals surface area contributed by atoms with E-state index in [0.29, 0.717) is 0 Å². The molecular formula is C22H28N4O2. The predicted octanol–water partition coefficient (Wildman–Crippen LogP) is 5.32. The Morgan fingerprint density at radius 1 is 0.714 bits per heavy atom. The quantitative estimate of drug-likeness (QED) is 0.562. The second-order valence-corrected chi connectivity index (χ2v) is 7.76. The van der Waals surface area contributed by atoms with E-state index in [1.165, 1.54) is 49.9 Å². The predicted molar refractivity (Wildman–Crippen MR) is 115 cm³/mol. The van der Waals surface area contributed by atoms with Crippen molar-refractivity contribution in [1.82, 2.24) is 0 Å². The Morgan fingerprint density at radius 3 is 1.68 bits per heavy atom. The van der Waals surface area contributed by atoms with Gasteiger partial charge in [0.1, 0.15) is 0 Å². The van der Waals surface area contributed by atoms with Gasteiger partial charge in [-0.1, -0.05) is 0 Å². The van der Waals surface area contributed by atoms with E-state index in [9.17, 15) is 10.1 Å². The zero-order valence-electron chi connectivity index (χ0n) is 16.3. The molecule has 0 unspecified atom stereocenters. The maximum atomic E-state index is 10.9. The molecule has 2 fully saturated rings. The molecule has 148 valence electrons. The number of rotatable bonds is 5. The van der Waals surface area contributed by atoms with Crippen LogP contribution in [0.15, 0.2) is 42.5 Å². The standard InChI is InChI=1S/C22H28N4O2/c27-26(28)20-9-7-18(8-10-20)23-19-15-21(24-11-3-1-4-12-24)17-22(16-19)25-13-5-2-6-14-25/h7-10,15-17,23H,1-6,11-14H2. The third-order valence-electron chi connectivity index (χ3n) is 5.71. The summed E-state index contributed by atoms with van der Waals surface area (Å²) in [5, 5.41) is 14.3. The van der Waals surface area contributed by atoms with Gasteiger partial charge in [0.25, 0.3) is 5.69 Å². The molecule has 2 aliphatic rings. The third kappa shape index (κ3) is 4.38. The number of hydrogen-bond acceptors (Lipinski definition) is 5. The highest BCUT2D eigenvalue weighted by Crippen LogP contribution is 2.33. The second kappa shape index (κ2) is 8.50. The van der Waals surface area contributed by atoms with Gasteiger partial charge in [0, 0.05) is 61.1 Å². The molecule has 4 rings (SSSR count). The summed E-state index contributed by atoms with van der Waals surface area (Å²) >= 11 is 0. The fourth-order valence-electron chi connectivity index (χ4n) is 4.17. The first kappa shape index (κ1) is 18.6. The van der Waals surface area contributed by atoms with Gasteiger partial charge in [-0.2, -0.15) is 0 Å². The van der Waals surface area contributed by atoms with E-state index in [1.54, 1.807) is 24.3 Å². The van der Waals surface area contributed by atoms with Gasteiger partial charge >= 0.3 is 0 Å². The molecule has 0 radical (unpaired) electrons. The molecule has 0 aliphatic carbocycles. The Kier molecular flexibility index (Phi) is 5.65. The summed E-state index contributed by atoms with van der Waals surface area (Å²) in [5.74, 6) is 0. The number of hydrogen-bond donors (Lipinski definition) is 1. The van der Waals surface area contributed by atoms with Crippen molar-refractivity contribution in [2.24, 2.45) is 0 Å². The highest BCUT2D eigenvalue weighted by atomic mass is 16.6. The van der Waals surface area contributed by atoms with E-state index < -0.39 is 0 Å². The van der Waals surface area contributed by atoms with Crippen LogP contribution in [0.2, 0.25) is 0 Å². The molecule has 28 heavy (non-hydrogen) atoms. The molecule has 2 saturated heterocycles. The smallest absolute Gasteiger partial charge is 0.269 e. The van der Waals surface area contributed by atoms with Gasteiger partial charge in [-0.25, -0.2) is 0 Å². The molecule has 0 spiro atoms. The first-order chi connectivity index (χ1) is 13.7. The lowest BCUT2D eigenvalue weighted by molar-refractivity contribution is -0.384. The molecule has 0 amide bonds. The van der Waals surface area contributed by atoms with Crippen molar-refractivity contribution < 1.29 is 4.92 Å². The Bertz CT molecular complexity index is 774. The Labute approximate surface area is 166 Å². The molecule has 0 saturated carbocycles. The van der Waals surface area contributed by atoms with Crippen LogP contribution in [0.5, 0.6) is 0 Å². The van der Waals surface area contributed by atoms with Crippen LogP contribution in [0.1, 0.15) is 38.5 Å². The normalized spacial score (nSPS) is 17.4. The number of nitrogens with zero attached hydrogens (tertiary/aromatic N) is 3. The number of nitro benzene ring substituents is 1. The molecule has 1 N–H and O–H groups in total. The van der Waals surface area contributed by atoms with E-state index >= 15 is 0 Å². The average molecular weight is 380 g/mol. The highest BCUT2D eigenvalue weighted by molar-refractivity contribution is 5.73. The summed E-state index contributed by atoms with van der Waals surface area (Å²) in [5.41, 5.74) is 4.56. The first-order valence-corrected chi connectivity index (χ1v) is 10.4. The molecule has 0 bridgehead atoms. The molecule has 2 aliphatic heterocycles. The fraction of sp³-hybridized carbons (Fsp3) is 0.455. The third-order valence-corrected chi connectivity index (χ3v) is 5.71. The van der Waals surface area contributed by atoms with E-state index in [0.717, 1.165) is 37.6 Å². The minimum Gasteiger partial charge on any atom is -0.371 e. The van der Waals surface area contributed by atoms with Crippen LogP contribution in [-0.2, 0) is 0 Å². The first-order valence-electron chi connectivity index (χ1n) is 10.4. The van der Waals surface area contributed by atoms with Gasteiger partial charge in [0.05, 0.1) is 4.92 Å². The van der Waals surface area contributed by atoms with Crippen LogP contribution >= 0.6 is 0 Å². The summed E-state index contributed by atoms with van der Waals surface area (Å²) in [4.78, 5) is 15.5. The lowest BCUT2D eigenvalue weighted by atomic mass is 10.1. The lowest BCUT2D eigenvalue weighted by Crippen LogP contribution is -2.31. The minimum atomic E-state index is -0.366. The van der Waals surface area contributed by atoms with Gasteiger partial charge < -0.3 is 15.1 Å². The van der Waals surface area contributed by atoms with Gasteiger partial charge in [0.15, 0.2) is 0 Å². The number of nitro groups is 1. The number of non-ortho nitro benzene ring substituents is 1. The van der Waals surface area contributed by atoms with Crippen LogP contribution in [-0.4, -0.2) is 31.1 Å². The molecule has 2 aromatic carbocycles. The van der Waals surface area contributed by atoms with Crippen molar-refractivity contribution in [2.75, 3.05) is 41.3 Å². The van der Waals surface area contributed by atoms with E-state index in [4.69, 9.17) is 0 Å². The molecule has 6 nitrogen and oxygen atoms in total. The van der Waals surface area contributed by atoms with E-state index in [2.05, 4.69) is 33.3 Å². The Morgan fingerprint density at radius 2 is 1.21 bits per heavy atom. The molecule has 6 heteroatoms. The van der Waals surface area contributed by atoms with Crippen LogP contribution in [0.3, 0.4) is 0 Å². The summed E-state index contributed by atoms with van der Waals surface area (Å²) in [6, 6.07) is 13.4. The Hall–Kier alpha value is -2.76. The number of piperidine rings is 2. The van der Waals surface area contributed by atoms with Crippen LogP contribution in [0, 0.1) is 10.1 Å².